The fraction of sp³-hybridized carbons (Fsp3) is 0.478. The second-order valence-corrected chi connectivity index (χ2v) is 7.82. The topological polar surface area (TPSA) is 40.5 Å². The Balaban J connectivity index is 2.05. The lowest BCUT2D eigenvalue weighted by Gasteiger charge is -2.42. The molecule has 1 aliphatic carbocycles. The molecule has 0 saturated heterocycles. The lowest BCUT2D eigenvalue weighted by molar-refractivity contribution is 0.253. The lowest BCUT2D eigenvalue weighted by Crippen LogP contribution is -2.33. The molecule has 1 fully saturated rings. The molecule has 1 saturated carbocycles. The average Bonchev–Trinajstić information content (AvgIpc) is 2.61. The van der Waals surface area contributed by atoms with Gasteiger partial charge in [-0.2, -0.15) is 0 Å². The van der Waals surface area contributed by atoms with Crippen LogP contribution in [-0.4, -0.2) is 10.2 Å². The molecule has 2 heteroatoms. The van der Waals surface area contributed by atoms with Gasteiger partial charge in [-0.25, -0.2) is 0 Å². The Kier molecular flexibility index (Phi) is 5.08. The Morgan fingerprint density at radius 2 is 1.36 bits per heavy atom. The van der Waals surface area contributed by atoms with Crippen molar-refractivity contribution in [1.82, 2.24) is 0 Å². The summed E-state index contributed by atoms with van der Waals surface area (Å²) < 4.78 is 0. The molecule has 0 bridgehead atoms. The van der Waals surface area contributed by atoms with Gasteiger partial charge in [-0.3, -0.25) is 0 Å². The maximum atomic E-state index is 9.96. The first-order valence-electron chi connectivity index (χ1n) is 9.56. The smallest absolute Gasteiger partial charge is 0.118 e. The molecular formula is C23H30O2. The van der Waals surface area contributed by atoms with Crippen molar-refractivity contribution in [2.75, 3.05) is 0 Å². The largest absolute Gasteiger partial charge is 0.508 e. The molecule has 3 rings (SSSR count). The van der Waals surface area contributed by atoms with E-state index in [2.05, 4.69) is 31.2 Å². The first kappa shape index (κ1) is 17.8. The van der Waals surface area contributed by atoms with E-state index in [0.717, 1.165) is 29.9 Å². The summed E-state index contributed by atoms with van der Waals surface area (Å²) in [6, 6.07) is 12.1. The van der Waals surface area contributed by atoms with E-state index < -0.39 is 0 Å². The predicted octanol–water partition coefficient (Wildman–Crippen LogP) is 5.99. The van der Waals surface area contributed by atoms with Gasteiger partial charge in [0.2, 0.25) is 0 Å². The van der Waals surface area contributed by atoms with Crippen molar-refractivity contribution in [1.29, 1.82) is 0 Å². The van der Waals surface area contributed by atoms with E-state index >= 15 is 0 Å². The third kappa shape index (κ3) is 3.40. The van der Waals surface area contributed by atoms with Crippen LogP contribution < -0.4 is 0 Å². The normalized spacial score (nSPS) is 17.6. The van der Waals surface area contributed by atoms with Gasteiger partial charge >= 0.3 is 0 Å². The van der Waals surface area contributed by atoms with Crippen LogP contribution >= 0.6 is 0 Å². The van der Waals surface area contributed by atoms with Gasteiger partial charge in [-0.1, -0.05) is 44.0 Å². The third-order valence-electron chi connectivity index (χ3n) is 6.15. The molecule has 0 atom stereocenters. The van der Waals surface area contributed by atoms with E-state index in [1.165, 1.54) is 36.8 Å². The maximum absolute atomic E-state index is 9.96. The standard InChI is InChI=1S/C23H30O2/c1-4-5-18-10-12-23(13-11-18,19-6-8-21(24)16(2)14-19)20-7-9-22(25)17(3)15-20/h6-9,14-15,18,24-25H,4-5,10-13H2,1-3H3. The molecule has 0 aliphatic heterocycles. The highest BCUT2D eigenvalue weighted by atomic mass is 16.3. The molecule has 0 spiro atoms. The fourth-order valence-corrected chi connectivity index (χ4v) is 4.52. The molecule has 2 aromatic carbocycles. The minimum Gasteiger partial charge on any atom is -0.508 e. The Morgan fingerprint density at radius 3 is 1.76 bits per heavy atom. The molecule has 0 radical (unpaired) electrons. The zero-order valence-corrected chi connectivity index (χ0v) is 15.7. The van der Waals surface area contributed by atoms with Crippen molar-refractivity contribution >= 4 is 0 Å². The van der Waals surface area contributed by atoms with Crippen LogP contribution in [0.25, 0.3) is 0 Å². The number of phenolic OH excluding ortho intramolecular Hbond substituents is 2. The van der Waals surface area contributed by atoms with Crippen LogP contribution in [0.2, 0.25) is 0 Å². The molecule has 0 heterocycles. The second-order valence-electron chi connectivity index (χ2n) is 7.82. The number of hydrogen-bond donors (Lipinski definition) is 2. The summed E-state index contributed by atoms with van der Waals surface area (Å²) in [7, 11) is 0. The van der Waals surface area contributed by atoms with Gasteiger partial charge in [-0.15, -0.1) is 0 Å². The minimum atomic E-state index is -0.0127. The van der Waals surface area contributed by atoms with E-state index in [1.807, 2.05) is 26.0 Å². The van der Waals surface area contributed by atoms with E-state index in [-0.39, 0.29) is 5.41 Å². The average molecular weight is 338 g/mol. The van der Waals surface area contributed by atoms with Crippen LogP contribution in [0, 0.1) is 19.8 Å². The molecule has 0 aromatic heterocycles. The van der Waals surface area contributed by atoms with Crippen molar-refractivity contribution in [3.8, 4) is 11.5 Å². The Morgan fingerprint density at radius 1 is 0.880 bits per heavy atom. The number of hydrogen-bond acceptors (Lipinski definition) is 2. The number of phenols is 2. The van der Waals surface area contributed by atoms with Gasteiger partial charge in [0.15, 0.2) is 0 Å². The number of aromatic hydroxyl groups is 2. The van der Waals surface area contributed by atoms with Crippen molar-refractivity contribution in [3.05, 3.63) is 58.7 Å². The summed E-state index contributed by atoms with van der Waals surface area (Å²) >= 11 is 0. The summed E-state index contributed by atoms with van der Waals surface area (Å²) in [5.41, 5.74) is 4.44. The van der Waals surface area contributed by atoms with Crippen LogP contribution in [-0.2, 0) is 5.41 Å². The SMILES string of the molecule is CCCC1CCC(c2ccc(O)c(C)c2)(c2ccc(O)c(C)c2)CC1. The van der Waals surface area contributed by atoms with E-state index in [0.29, 0.717) is 11.5 Å². The van der Waals surface area contributed by atoms with Crippen LogP contribution in [0.4, 0.5) is 0 Å². The van der Waals surface area contributed by atoms with Crippen molar-refractivity contribution in [2.45, 2.75) is 64.7 Å². The minimum absolute atomic E-state index is 0.0127. The summed E-state index contributed by atoms with van der Waals surface area (Å²) in [4.78, 5) is 0. The molecule has 0 amide bonds. The molecular weight excluding hydrogens is 308 g/mol. The van der Waals surface area contributed by atoms with Crippen molar-refractivity contribution in [2.24, 2.45) is 5.92 Å². The lowest BCUT2D eigenvalue weighted by atomic mass is 9.62. The van der Waals surface area contributed by atoms with Crippen LogP contribution in [0.15, 0.2) is 36.4 Å². The van der Waals surface area contributed by atoms with Gasteiger partial charge in [-0.05, 0) is 79.8 Å². The van der Waals surface area contributed by atoms with Gasteiger partial charge in [0.1, 0.15) is 11.5 Å². The highest BCUT2D eigenvalue weighted by molar-refractivity contribution is 5.47. The third-order valence-corrected chi connectivity index (χ3v) is 6.15. The molecule has 2 aromatic rings. The quantitative estimate of drug-likeness (QED) is 0.718. The monoisotopic (exact) mass is 338 g/mol. The van der Waals surface area contributed by atoms with Crippen LogP contribution in [0.3, 0.4) is 0 Å². The van der Waals surface area contributed by atoms with Gasteiger partial charge in [0.25, 0.3) is 0 Å². The summed E-state index contributed by atoms with van der Waals surface area (Å²) in [6.45, 7) is 6.21. The van der Waals surface area contributed by atoms with Crippen molar-refractivity contribution in [3.63, 3.8) is 0 Å². The first-order valence-corrected chi connectivity index (χ1v) is 9.56. The molecule has 2 N–H and O–H groups in total. The zero-order valence-electron chi connectivity index (χ0n) is 15.7. The number of aryl methyl sites for hydroxylation is 2. The van der Waals surface area contributed by atoms with Crippen LogP contribution in [0.1, 0.15) is 67.7 Å². The molecule has 134 valence electrons. The Labute approximate surface area is 151 Å². The van der Waals surface area contributed by atoms with Crippen LogP contribution in [0.5, 0.6) is 11.5 Å². The van der Waals surface area contributed by atoms with E-state index in [1.54, 1.807) is 0 Å². The van der Waals surface area contributed by atoms with Gasteiger partial charge < -0.3 is 10.2 Å². The molecule has 2 nitrogen and oxygen atoms in total. The molecule has 1 aliphatic rings. The fourth-order valence-electron chi connectivity index (χ4n) is 4.52. The van der Waals surface area contributed by atoms with Gasteiger partial charge in [0.05, 0.1) is 0 Å². The predicted molar refractivity (Wildman–Crippen MR) is 103 cm³/mol. The number of rotatable bonds is 4. The maximum Gasteiger partial charge on any atom is 0.118 e. The van der Waals surface area contributed by atoms with Crippen molar-refractivity contribution < 1.29 is 10.2 Å². The summed E-state index contributed by atoms with van der Waals surface area (Å²) in [6.07, 6.45) is 7.33. The molecule has 25 heavy (non-hydrogen) atoms. The summed E-state index contributed by atoms with van der Waals surface area (Å²) in [5, 5.41) is 19.9. The second kappa shape index (κ2) is 7.11. The van der Waals surface area contributed by atoms with E-state index in [9.17, 15) is 10.2 Å². The molecule has 0 unspecified atom stereocenters. The Hall–Kier alpha value is -1.96. The highest BCUT2D eigenvalue weighted by Crippen LogP contribution is 2.48. The number of benzene rings is 2. The first-order chi connectivity index (χ1) is 12.0. The van der Waals surface area contributed by atoms with E-state index in [4.69, 9.17) is 0 Å². The Bertz CT molecular complexity index is 686. The van der Waals surface area contributed by atoms with Gasteiger partial charge in [0, 0.05) is 5.41 Å². The zero-order chi connectivity index (χ0) is 18.0. The summed E-state index contributed by atoms with van der Waals surface area (Å²) in [5.74, 6) is 1.55. The highest BCUT2D eigenvalue weighted by Gasteiger charge is 2.38.